The molecular weight excluding hydrogens is 376 g/mol. The van der Waals surface area contributed by atoms with Crippen molar-refractivity contribution in [3.8, 4) is 0 Å². The Balaban J connectivity index is 3.57. The van der Waals surface area contributed by atoms with Gasteiger partial charge >= 0.3 is 0 Å². The van der Waals surface area contributed by atoms with Gasteiger partial charge in [0.2, 0.25) is 10.0 Å². The Hall–Kier alpha value is 0.270. The van der Waals surface area contributed by atoms with Crippen molar-refractivity contribution in [1.82, 2.24) is 0 Å². The largest absolute Gasteiger partial charge is 0.242 e. The number of rotatable bonds is 1. The van der Waals surface area contributed by atoms with Gasteiger partial charge in [-0.2, -0.15) is 0 Å². The zero-order valence-electron chi connectivity index (χ0n) is 6.09. The molecule has 0 aliphatic heterocycles. The third-order valence-corrected chi connectivity index (χ3v) is 3.91. The summed E-state index contributed by atoms with van der Waals surface area (Å²) in [5, 5.41) is 4.82. The van der Waals surface area contributed by atoms with Gasteiger partial charge in [-0.15, -0.1) is 0 Å². The molecule has 0 radical (unpaired) electrons. The molecule has 0 saturated carbocycles. The Morgan fingerprint density at radius 1 is 1.46 bits per heavy atom. The maximum atomic E-state index is 13.1. The van der Waals surface area contributed by atoms with Gasteiger partial charge in [-0.1, -0.05) is 15.9 Å². The first-order valence-corrected chi connectivity index (χ1v) is 6.41. The highest BCUT2D eigenvalue weighted by Crippen LogP contribution is 2.24. The van der Waals surface area contributed by atoms with Crippen LogP contribution in [-0.2, 0) is 10.0 Å². The molecule has 2 N–H and O–H groups in total. The molecule has 0 spiro atoms. The molecule has 0 unspecified atom stereocenters. The van der Waals surface area contributed by atoms with Crippen LogP contribution in [0.5, 0.6) is 0 Å². The van der Waals surface area contributed by atoms with E-state index in [9.17, 15) is 12.8 Å². The van der Waals surface area contributed by atoms with E-state index in [0.29, 0.717) is 4.47 Å². The van der Waals surface area contributed by atoms with Crippen LogP contribution in [0.3, 0.4) is 0 Å². The van der Waals surface area contributed by atoms with Crippen molar-refractivity contribution >= 4 is 48.5 Å². The van der Waals surface area contributed by atoms with E-state index < -0.39 is 20.7 Å². The number of hydrogen-bond donors (Lipinski definition) is 1. The molecular formula is C6H4BrFINO2S. The minimum absolute atomic E-state index is 0.256. The fraction of sp³-hybridized carbons (Fsp3) is 0. The molecule has 0 heterocycles. The monoisotopic (exact) mass is 379 g/mol. The van der Waals surface area contributed by atoms with Crippen molar-refractivity contribution in [1.29, 1.82) is 0 Å². The minimum atomic E-state index is -3.98. The smallest absolute Gasteiger partial charge is 0.225 e. The van der Waals surface area contributed by atoms with Crippen LogP contribution in [0.2, 0.25) is 0 Å². The van der Waals surface area contributed by atoms with Gasteiger partial charge in [-0.3, -0.25) is 0 Å². The second-order valence-corrected chi connectivity index (χ2v) is 5.82. The number of nitrogens with two attached hydrogens (primary N) is 1. The fourth-order valence-electron chi connectivity index (χ4n) is 0.801. The SMILES string of the molecule is NS(=O)(=O)c1c(F)cc(Br)cc1I. The topological polar surface area (TPSA) is 60.2 Å². The van der Waals surface area contributed by atoms with Crippen LogP contribution in [0.1, 0.15) is 0 Å². The van der Waals surface area contributed by atoms with E-state index in [-0.39, 0.29) is 3.57 Å². The molecule has 1 aromatic rings. The second kappa shape index (κ2) is 3.79. The summed E-state index contributed by atoms with van der Waals surface area (Å²) in [6, 6.07) is 2.53. The Bertz CT molecular complexity index is 425. The summed E-state index contributed by atoms with van der Waals surface area (Å²) in [5.74, 6) is -0.846. The molecule has 0 aliphatic rings. The van der Waals surface area contributed by atoms with Crippen molar-refractivity contribution in [2.75, 3.05) is 0 Å². The van der Waals surface area contributed by atoms with Crippen molar-refractivity contribution in [3.05, 3.63) is 26.0 Å². The van der Waals surface area contributed by atoms with E-state index in [1.54, 1.807) is 22.6 Å². The van der Waals surface area contributed by atoms with Crippen molar-refractivity contribution in [3.63, 3.8) is 0 Å². The molecule has 1 rings (SSSR count). The zero-order valence-corrected chi connectivity index (χ0v) is 10.7. The molecule has 0 fully saturated rings. The van der Waals surface area contributed by atoms with E-state index in [0.717, 1.165) is 6.07 Å². The standard InChI is InChI=1S/C6H4BrFINO2S/c7-3-1-4(8)6(5(9)2-3)13(10,11)12/h1-2H,(H2,10,11,12). The van der Waals surface area contributed by atoms with Crippen LogP contribution in [-0.4, -0.2) is 8.42 Å². The van der Waals surface area contributed by atoms with Gasteiger partial charge in [0.15, 0.2) is 0 Å². The summed E-state index contributed by atoms with van der Waals surface area (Å²) >= 11 is 4.74. The van der Waals surface area contributed by atoms with Crippen LogP contribution >= 0.6 is 38.5 Å². The van der Waals surface area contributed by atoms with Gasteiger partial charge in [0.1, 0.15) is 10.7 Å². The van der Waals surface area contributed by atoms with Gasteiger partial charge in [0.25, 0.3) is 0 Å². The molecule has 0 aliphatic carbocycles. The lowest BCUT2D eigenvalue weighted by atomic mass is 10.3. The molecule has 0 bridgehead atoms. The lowest BCUT2D eigenvalue weighted by Crippen LogP contribution is -2.15. The molecule has 72 valence electrons. The average molecular weight is 380 g/mol. The molecule has 0 saturated heterocycles. The summed E-state index contributed by atoms with van der Waals surface area (Å²) in [6.07, 6.45) is 0. The van der Waals surface area contributed by atoms with Crippen LogP contribution in [0.15, 0.2) is 21.5 Å². The van der Waals surface area contributed by atoms with E-state index in [4.69, 9.17) is 5.14 Å². The lowest BCUT2D eigenvalue weighted by Gasteiger charge is -2.03. The number of sulfonamides is 1. The van der Waals surface area contributed by atoms with E-state index in [1.807, 2.05) is 0 Å². The fourth-order valence-corrected chi connectivity index (χ4v) is 3.83. The second-order valence-electron chi connectivity index (χ2n) is 2.24. The van der Waals surface area contributed by atoms with Crippen molar-refractivity contribution < 1.29 is 12.8 Å². The van der Waals surface area contributed by atoms with Gasteiger partial charge < -0.3 is 0 Å². The van der Waals surface area contributed by atoms with Crippen LogP contribution in [0.25, 0.3) is 0 Å². The quantitative estimate of drug-likeness (QED) is 0.757. The Morgan fingerprint density at radius 2 is 2.00 bits per heavy atom. The first-order valence-electron chi connectivity index (χ1n) is 2.99. The summed E-state index contributed by atoms with van der Waals surface area (Å²) in [5.41, 5.74) is 0. The number of benzene rings is 1. The van der Waals surface area contributed by atoms with E-state index in [2.05, 4.69) is 15.9 Å². The third-order valence-electron chi connectivity index (χ3n) is 1.25. The van der Waals surface area contributed by atoms with Crippen molar-refractivity contribution in [2.45, 2.75) is 4.90 Å². The predicted octanol–water partition coefficient (Wildman–Crippen LogP) is 1.84. The maximum Gasteiger partial charge on any atom is 0.242 e. The molecule has 0 atom stereocenters. The zero-order chi connectivity index (χ0) is 10.2. The summed E-state index contributed by atoms with van der Waals surface area (Å²) in [6.45, 7) is 0. The van der Waals surface area contributed by atoms with Gasteiger partial charge in [-0.25, -0.2) is 17.9 Å². The summed E-state index contributed by atoms with van der Waals surface area (Å²) < 4.78 is 35.7. The van der Waals surface area contributed by atoms with Gasteiger partial charge in [0, 0.05) is 8.04 Å². The molecule has 13 heavy (non-hydrogen) atoms. The first kappa shape index (κ1) is 11.3. The average Bonchev–Trinajstić information content (AvgIpc) is 1.78. The molecule has 0 aromatic heterocycles. The van der Waals surface area contributed by atoms with Crippen LogP contribution in [0.4, 0.5) is 4.39 Å². The van der Waals surface area contributed by atoms with Gasteiger partial charge in [-0.05, 0) is 34.7 Å². The van der Waals surface area contributed by atoms with Gasteiger partial charge in [0.05, 0.1) is 0 Å². The Morgan fingerprint density at radius 3 is 2.38 bits per heavy atom. The normalized spacial score (nSPS) is 11.7. The van der Waals surface area contributed by atoms with Crippen molar-refractivity contribution in [2.24, 2.45) is 5.14 Å². The number of hydrogen-bond acceptors (Lipinski definition) is 2. The molecule has 3 nitrogen and oxygen atoms in total. The third kappa shape index (κ3) is 2.61. The molecule has 0 amide bonds. The van der Waals surface area contributed by atoms with E-state index >= 15 is 0 Å². The highest BCUT2D eigenvalue weighted by Gasteiger charge is 2.18. The Labute approximate surface area is 96.8 Å². The first-order chi connectivity index (χ1) is 5.82. The number of halogens is 3. The highest BCUT2D eigenvalue weighted by atomic mass is 127. The van der Waals surface area contributed by atoms with Crippen LogP contribution < -0.4 is 5.14 Å². The predicted molar refractivity (Wildman–Crippen MR) is 58.2 cm³/mol. The molecule has 7 heteroatoms. The van der Waals surface area contributed by atoms with Crippen LogP contribution in [0, 0.1) is 9.39 Å². The maximum absolute atomic E-state index is 13.1. The van der Waals surface area contributed by atoms with E-state index in [1.165, 1.54) is 6.07 Å². The molecule has 1 aromatic carbocycles. The lowest BCUT2D eigenvalue weighted by molar-refractivity contribution is 0.565. The Kier molecular flexibility index (Phi) is 3.31. The highest BCUT2D eigenvalue weighted by molar-refractivity contribution is 14.1. The summed E-state index contributed by atoms with van der Waals surface area (Å²) in [4.78, 5) is -0.462. The summed E-state index contributed by atoms with van der Waals surface area (Å²) in [7, 11) is -3.98. The number of primary sulfonamides is 1. The minimum Gasteiger partial charge on any atom is -0.225 e.